The van der Waals surface area contributed by atoms with E-state index in [0.29, 0.717) is 6.54 Å². The third kappa shape index (κ3) is 6.26. The molecule has 0 radical (unpaired) electrons. The Balaban J connectivity index is 0.00000280. The van der Waals surface area contributed by atoms with Gasteiger partial charge in [-0.2, -0.15) is 5.10 Å². The first-order valence-corrected chi connectivity index (χ1v) is 9.87. The molecule has 3 N–H and O–H groups in total. The van der Waals surface area contributed by atoms with Crippen LogP contribution in [0.4, 0.5) is 0 Å². The Labute approximate surface area is 186 Å². The Morgan fingerprint density at radius 2 is 2.11 bits per heavy atom. The molecule has 0 aliphatic carbocycles. The van der Waals surface area contributed by atoms with Crippen LogP contribution >= 0.6 is 35.3 Å². The third-order valence-electron chi connectivity index (χ3n) is 4.08. The Kier molecular flexibility index (Phi) is 8.84. The monoisotopic (exact) mass is 511 g/mol. The van der Waals surface area contributed by atoms with Crippen molar-refractivity contribution in [3.8, 4) is 11.4 Å². The van der Waals surface area contributed by atoms with Gasteiger partial charge in [0.05, 0.1) is 17.2 Å². The first-order valence-electron chi connectivity index (χ1n) is 9.05. The fourth-order valence-electron chi connectivity index (χ4n) is 2.61. The summed E-state index contributed by atoms with van der Waals surface area (Å²) in [5.74, 6) is 1.58. The molecule has 2 heterocycles. The van der Waals surface area contributed by atoms with Crippen LogP contribution < -0.4 is 10.6 Å². The predicted octanol–water partition coefficient (Wildman–Crippen LogP) is 3.46. The molecule has 0 amide bonds. The Morgan fingerprint density at radius 3 is 2.79 bits per heavy atom. The SMILES string of the molecule is CCNC(=NCc1cccc(-c2ncn[nH]2)c1)NCCc1nc(C)c(C)s1.I. The van der Waals surface area contributed by atoms with Gasteiger partial charge in [0, 0.05) is 30.0 Å². The second-order valence-electron chi connectivity index (χ2n) is 6.16. The lowest BCUT2D eigenvalue weighted by molar-refractivity contribution is 0.795. The zero-order chi connectivity index (χ0) is 19.1. The summed E-state index contributed by atoms with van der Waals surface area (Å²) in [6.07, 6.45) is 2.41. The molecule has 7 nitrogen and oxygen atoms in total. The number of nitrogens with one attached hydrogen (secondary N) is 3. The molecule has 0 unspecified atom stereocenters. The summed E-state index contributed by atoms with van der Waals surface area (Å²) in [7, 11) is 0. The highest BCUT2D eigenvalue weighted by Crippen LogP contribution is 2.17. The minimum atomic E-state index is 0. The summed E-state index contributed by atoms with van der Waals surface area (Å²) in [6.45, 7) is 8.45. The van der Waals surface area contributed by atoms with Gasteiger partial charge in [-0.25, -0.2) is 15.0 Å². The van der Waals surface area contributed by atoms with E-state index >= 15 is 0 Å². The first kappa shape index (κ1) is 22.3. The van der Waals surface area contributed by atoms with E-state index in [2.05, 4.69) is 63.7 Å². The van der Waals surface area contributed by atoms with E-state index in [1.807, 2.05) is 12.1 Å². The molecule has 150 valence electrons. The van der Waals surface area contributed by atoms with E-state index in [4.69, 9.17) is 4.99 Å². The zero-order valence-corrected chi connectivity index (χ0v) is 19.5. The van der Waals surface area contributed by atoms with Crippen molar-refractivity contribution in [3.63, 3.8) is 0 Å². The second-order valence-corrected chi connectivity index (χ2v) is 7.44. The lowest BCUT2D eigenvalue weighted by Crippen LogP contribution is -2.38. The molecule has 0 atom stereocenters. The molecule has 0 saturated heterocycles. The van der Waals surface area contributed by atoms with Crippen LogP contribution in [0.5, 0.6) is 0 Å². The third-order valence-corrected chi connectivity index (χ3v) is 5.22. The summed E-state index contributed by atoms with van der Waals surface area (Å²) in [5.41, 5.74) is 3.25. The number of halogens is 1. The Bertz CT molecular complexity index is 870. The minimum Gasteiger partial charge on any atom is -0.357 e. The summed E-state index contributed by atoms with van der Waals surface area (Å²) < 4.78 is 0. The summed E-state index contributed by atoms with van der Waals surface area (Å²) in [4.78, 5) is 14.8. The number of aromatic amines is 1. The number of thiazole rings is 1. The van der Waals surface area contributed by atoms with Crippen molar-refractivity contribution >= 4 is 41.3 Å². The Morgan fingerprint density at radius 1 is 1.25 bits per heavy atom. The van der Waals surface area contributed by atoms with E-state index in [1.165, 1.54) is 11.2 Å². The molecule has 28 heavy (non-hydrogen) atoms. The highest BCUT2D eigenvalue weighted by molar-refractivity contribution is 14.0. The Hall–Kier alpha value is -2.01. The molecule has 0 aliphatic rings. The van der Waals surface area contributed by atoms with E-state index in [9.17, 15) is 0 Å². The molecule has 0 spiro atoms. The second kappa shape index (κ2) is 11.1. The van der Waals surface area contributed by atoms with Gasteiger partial charge in [0.1, 0.15) is 6.33 Å². The van der Waals surface area contributed by atoms with Crippen LogP contribution in [0.3, 0.4) is 0 Å². The van der Waals surface area contributed by atoms with Gasteiger partial charge in [-0.05, 0) is 32.4 Å². The van der Waals surface area contributed by atoms with Gasteiger partial charge in [0.2, 0.25) is 0 Å². The smallest absolute Gasteiger partial charge is 0.191 e. The number of hydrogen-bond acceptors (Lipinski definition) is 5. The molecule has 0 bridgehead atoms. The van der Waals surface area contributed by atoms with Crippen LogP contribution in [0.2, 0.25) is 0 Å². The fourth-order valence-corrected chi connectivity index (χ4v) is 3.54. The molecule has 2 aromatic heterocycles. The summed E-state index contributed by atoms with van der Waals surface area (Å²) >= 11 is 1.76. The first-order chi connectivity index (χ1) is 13.2. The van der Waals surface area contributed by atoms with Gasteiger partial charge < -0.3 is 10.6 Å². The maximum atomic E-state index is 4.69. The maximum absolute atomic E-state index is 4.69. The molecule has 0 saturated carbocycles. The van der Waals surface area contributed by atoms with E-state index in [-0.39, 0.29) is 24.0 Å². The van der Waals surface area contributed by atoms with Crippen LogP contribution in [0, 0.1) is 13.8 Å². The quantitative estimate of drug-likeness (QED) is 0.257. The van der Waals surface area contributed by atoms with Crippen molar-refractivity contribution in [1.29, 1.82) is 0 Å². The topological polar surface area (TPSA) is 90.9 Å². The molecule has 9 heteroatoms. The number of benzene rings is 1. The molecule has 0 fully saturated rings. The number of guanidine groups is 1. The van der Waals surface area contributed by atoms with Crippen molar-refractivity contribution in [2.45, 2.75) is 33.7 Å². The predicted molar refractivity (Wildman–Crippen MR) is 125 cm³/mol. The van der Waals surface area contributed by atoms with Gasteiger partial charge in [0.15, 0.2) is 11.8 Å². The lowest BCUT2D eigenvalue weighted by Gasteiger charge is -2.11. The molecule has 3 rings (SSSR count). The van der Waals surface area contributed by atoms with Gasteiger partial charge in [-0.3, -0.25) is 5.10 Å². The summed E-state index contributed by atoms with van der Waals surface area (Å²) in [5, 5.41) is 14.6. The van der Waals surface area contributed by atoms with Crippen LogP contribution in [-0.2, 0) is 13.0 Å². The normalized spacial score (nSPS) is 11.2. The molecular weight excluding hydrogens is 485 g/mol. The molecular formula is C19H26IN7S. The maximum Gasteiger partial charge on any atom is 0.191 e. The van der Waals surface area contributed by atoms with Crippen LogP contribution in [0.1, 0.15) is 28.1 Å². The largest absolute Gasteiger partial charge is 0.357 e. The van der Waals surface area contributed by atoms with Crippen molar-refractivity contribution < 1.29 is 0 Å². The average molecular weight is 511 g/mol. The van der Waals surface area contributed by atoms with Gasteiger partial charge in [-0.15, -0.1) is 35.3 Å². The standard InChI is InChI=1S/C19H25N7S.HI/c1-4-20-19(21-9-8-17-25-13(2)14(3)27-17)22-11-15-6-5-7-16(10-15)18-23-12-24-26-18;/h5-7,10,12H,4,8-9,11H2,1-3H3,(H2,20,21,22)(H,23,24,26);1H. The van der Waals surface area contributed by atoms with Crippen molar-refractivity contribution in [3.05, 3.63) is 51.7 Å². The van der Waals surface area contributed by atoms with E-state index in [0.717, 1.165) is 53.1 Å². The van der Waals surface area contributed by atoms with Crippen molar-refractivity contribution in [1.82, 2.24) is 30.8 Å². The molecule has 0 aliphatic heterocycles. The number of rotatable bonds is 7. The van der Waals surface area contributed by atoms with Gasteiger partial charge >= 0.3 is 0 Å². The highest BCUT2D eigenvalue weighted by Gasteiger charge is 2.05. The van der Waals surface area contributed by atoms with E-state index in [1.54, 1.807) is 11.3 Å². The summed E-state index contributed by atoms with van der Waals surface area (Å²) in [6, 6.07) is 8.16. The van der Waals surface area contributed by atoms with Crippen LogP contribution in [0.25, 0.3) is 11.4 Å². The molecule has 3 aromatic rings. The number of aromatic nitrogens is 4. The van der Waals surface area contributed by atoms with Gasteiger partial charge in [-0.1, -0.05) is 18.2 Å². The van der Waals surface area contributed by atoms with Crippen molar-refractivity contribution in [2.24, 2.45) is 4.99 Å². The van der Waals surface area contributed by atoms with E-state index < -0.39 is 0 Å². The number of H-pyrrole nitrogens is 1. The lowest BCUT2D eigenvalue weighted by atomic mass is 10.1. The number of hydrogen-bond donors (Lipinski definition) is 3. The number of aliphatic imine (C=N–C) groups is 1. The average Bonchev–Trinajstić information content (AvgIpc) is 3.30. The van der Waals surface area contributed by atoms with Gasteiger partial charge in [0.25, 0.3) is 0 Å². The van der Waals surface area contributed by atoms with Crippen LogP contribution in [0.15, 0.2) is 35.6 Å². The van der Waals surface area contributed by atoms with Crippen LogP contribution in [-0.4, -0.2) is 39.2 Å². The number of aryl methyl sites for hydroxylation is 2. The molecule has 1 aromatic carbocycles. The zero-order valence-electron chi connectivity index (χ0n) is 16.3. The fraction of sp³-hybridized carbons (Fsp3) is 0.368. The number of nitrogens with zero attached hydrogens (tertiary/aromatic N) is 4. The minimum absolute atomic E-state index is 0. The highest BCUT2D eigenvalue weighted by atomic mass is 127. The van der Waals surface area contributed by atoms with Crippen molar-refractivity contribution in [2.75, 3.05) is 13.1 Å².